The number of rotatable bonds is 5. The summed E-state index contributed by atoms with van der Waals surface area (Å²) in [7, 11) is 0. The molecule has 3 aromatic rings. The molecule has 142 valence electrons. The van der Waals surface area contributed by atoms with Gasteiger partial charge in [-0.2, -0.15) is 0 Å². The first-order chi connectivity index (χ1) is 13.5. The summed E-state index contributed by atoms with van der Waals surface area (Å²) in [5, 5.41) is 0. The number of halogens is 1. The molecule has 0 saturated heterocycles. The standard InChI is InChI=1S/C21H20BrN5O/c1-13-19(3-2-8-24-13)27(12-14-4-7-17(22)18(23)9-14)21(28)16-10-25-20(26-11-16)15-5-6-15/h2-4,7-11,15H,5-6,12,23H2,1H3. The Balaban J connectivity index is 1.68. The maximum absolute atomic E-state index is 13.3. The largest absolute Gasteiger partial charge is 0.398 e. The van der Waals surface area contributed by atoms with Crippen LogP contribution in [-0.2, 0) is 6.54 Å². The van der Waals surface area contributed by atoms with Crippen LogP contribution in [0.2, 0.25) is 0 Å². The predicted octanol–water partition coefficient (Wildman–Crippen LogP) is 4.25. The van der Waals surface area contributed by atoms with Gasteiger partial charge in [-0.1, -0.05) is 6.07 Å². The van der Waals surface area contributed by atoms with Crippen LogP contribution >= 0.6 is 15.9 Å². The van der Waals surface area contributed by atoms with E-state index in [0.29, 0.717) is 23.7 Å². The minimum atomic E-state index is -0.167. The lowest BCUT2D eigenvalue weighted by Gasteiger charge is -2.24. The van der Waals surface area contributed by atoms with Crippen LogP contribution in [0.1, 0.15) is 46.2 Å². The molecule has 1 aliphatic carbocycles. The third-order valence-corrected chi connectivity index (χ3v) is 5.50. The van der Waals surface area contributed by atoms with Crippen molar-refractivity contribution < 1.29 is 4.79 Å². The fourth-order valence-corrected chi connectivity index (χ4v) is 3.30. The molecule has 28 heavy (non-hydrogen) atoms. The van der Waals surface area contributed by atoms with E-state index >= 15 is 0 Å². The van der Waals surface area contributed by atoms with Crippen LogP contribution in [0.15, 0.2) is 53.4 Å². The number of carbonyl (C=O) groups is 1. The molecule has 2 heterocycles. The quantitative estimate of drug-likeness (QED) is 0.602. The summed E-state index contributed by atoms with van der Waals surface area (Å²) in [5.74, 6) is 1.10. The Morgan fingerprint density at radius 3 is 2.61 bits per heavy atom. The first-order valence-corrected chi connectivity index (χ1v) is 9.91. The molecule has 1 amide bonds. The van der Waals surface area contributed by atoms with Gasteiger partial charge in [0.2, 0.25) is 0 Å². The van der Waals surface area contributed by atoms with E-state index < -0.39 is 0 Å². The van der Waals surface area contributed by atoms with E-state index in [9.17, 15) is 4.79 Å². The zero-order valence-corrected chi connectivity index (χ0v) is 17.1. The summed E-state index contributed by atoms with van der Waals surface area (Å²) in [6, 6.07) is 9.41. The van der Waals surface area contributed by atoms with E-state index in [1.54, 1.807) is 23.5 Å². The molecule has 1 fully saturated rings. The normalized spacial score (nSPS) is 13.4. The molecule has 6 nitrogen and oxygen atoms in total. The van der Waals surface area contributed by atoms with Gasteiger partial charge in [-0.15, -0.1) is 0 Å². The zero-order chi connectivity index (χ0) is 19.7. The number of aromatic nitrogens is 3. The Bertz CT molecular complexity index is 1020. The van der Waals surface area contributed by atoms with Crippen molar-refractivity contribution in [2.24, 2.45) is 0 Å². The minimum absolute atomic E-state index is 0.167. The highest BCUT2D eigenvalue weighted by atomic mass is 79.9. The number of anilines is 2. The molecule has 0 aliphatic heterocycles. The molecule has 0 bridgehead atoms. The molecule has 2 aromatic heterocycles. The molecule has 7 heteroatoms. The smallest absolute Gasteiger partial charge is 0.261 e. The Kier molecular flexibility index (Phi) is 5.09. The summed E-state index contributed by atoms with van der Waals surface area (Å²) in [6.45, 7) is 2.26. The lowest BCUT2D eigenvalue weighted by molar-refractivity contribution is 0.0984. The second-order valence-corrected chi connectivity index (χ2v) is 7.81. The SMILES string of the molecule is Cc1ncccc1N(Cc1ccc(Br)c(N)c1)C(=O)c1cnc(C2CC2)nc1. The summed E-state index contributed by atoms with van der Waals surface area (Å²) in [5.41, 5.74) is 9.55. The second kappa shape index (κ2) is 7.67. The van der Waals surface area contributed by atoms with Crippen molar-refractivity contribution in [3.8, 4) is 0 Å². The lowest BCUT2D eigenvalue weighted by Crippen LogP contribution is -2.31. The average molecular weight is 438 g/mol. The Labute approximate surface area is 172 Å². The minimum Gasteiger partial charge on any atom is -0.398 e. The molecule has 1 aromatic carbocycles. The van der Waals surface area contributed by atoms with Crippen molar-refractivity contribution in [1.82, 2.24) is 15.0 Å². The lowest BCUT2D eigenvalue weighted by atomic mass is 10.1. The van der Waals surface area contributed by atoms with E-state index in [-0.39, 0.29) is 5.91 Å². The maximum Gasteiger partial charge on any atom is 0.261 e. The number of nitrogens with two attached hydrogens (primary N) is 1. The van der Waals surface area contributed by atoms with Gasteiger partial charge in [0.25, 0.3) is 5.91 Å². The first kappa shape index (κ1) is 18.6. The fourth-order valence-electron chi connectivity index (χ4n) is 3.06. The highest BCUT2D eigenvalue weighted by Gasteiger charge is 2.27. The molecule has 1 saturated carbocycles. The zero-order valence-electron chi connectivity index (χ0n) is 15.5. The van der Waals surface area contributed by atoms with Gasteiger partial charge in [-0.05, 0) is 65.5 Å². The fraction of sp³-hybridized carbons (Fsp3) is 0.238. The third-order valence-electron chi connectivity index (χ3n) is 4.78. The van der Waals surface area contributed by atoms with Crippen LogP contribution in [-0.4, -0.2) is 20.9 Å². The number of aryl methyl sites for hydroxylation is 1. The van der Waals surface area contributed by atoms with Crippen LogP contribution < -0.4 is 10.6 Å². The summed E-state index contributed by atoms with van der Waals surface area (Å²) < 4.78 is 0.829. The Morgan fingerprint density at radius 2 is 1.96 bits per heavy atom. The monoisotopic (exact) mass is 437 g/mol. The summed E-state index contributed by atoms with van der Waals surface area (Å²) in [4.78, 5) is 28.1. The predicted molar refractivity (Wildman–Crippen MR) is 112 cm³/mol. The molecule has 0 radical (unpaired) electrons. The van der Waals surface area contributed by atoms with Crippen LogP contribution in [0.5, 0.6) is 0 Å². The summed E-state index contributed by atoms with van der Waals surface area (Å²) >= 11 is 3.41. The molecule has 0 unspecified atom stereocenters. The van der Waals surface area contributed by atoms with E-state index in [1.807, 2.05) is 37.3 Å². The molecule has 4 rings (SSSR count). The number of nitrogens with zero attached hydrogens (tertiary/aromatic N) is 4. The number of pyridine rings is 1. The maximum atomic E-state index is 13.3. The molecule has 1 aliphatic rings. The Morgan fingerprint density at radius 1 is 1.21 bits per heavy atom. The van der Waals surface area contributed by atoms with Crippen molar-refractivity contribution in [2.45, 2.75) is 32.2 Å². The van der Waals surface area contributed by atoms with Crippen molar-refractivity contribution in [3.05, 3.63) is 76.0 Å². The highest BCUT2D eigenvalue weighted by Crippen LogP contribution is 2.37. The summed E-state index contributed by atoms with van der Waals surface area (Å²) in [6.07, 6.45) is 7.21. The topological polar surface area (TPSA) is 85.0 Å². The van der Waals surface area contributed by atoms with E-state index in [0.717, 1.165) is 40.1 Å². The van der Waals surface area contributed by atoms with Crippen LogP contribution in [0.3, 0.4) is 0 Å². The van der Waals surface area contributed by atoms with Gasteiger partial charge in [0.1, 0.15) is 5.82 Å². The third kappa shape index (κ3) is 3.89. The molecule has 0 spiro atoms. The number of nitrogen functional groups attached to an aromatic ring is 1. The number of benzene rings is 1. The molecule has 0 atom stereocenters. The highest BCUT2D eigenvalue weighted by molar-refractivity contribution is 9.10. The van der Waals surface area contributed by atoms with Crippen LogP contribution in [0.25, 0.3) is 0 Å². The average Bonchev–Trinajstić information content (AvgIpc) is 3.54. The van der Waals surface area contributed by atoms with Gasteiger partial charge in [0.05, 0.1) is 23.5 Å². The van der Waals surface area contributed by atoms with Crippen LogP contribution in [0, 0.1) is 6.92 Å². The van der Waals surface area contributed by atoms with E-state index in [4.69, 9.17) is 5.73 Å². The molecule has 2 N–H and O–H groups in total. The Hall–Kier alpha value is -2.80. The van der Waals surface area contributed by atoms with Crippen molar-refractivity contribution in [3.63, 3.8) is 0 Å². The second-order valence-electron chi connectivity index (χ2n) is 6.96. The first-order valence-electron chi connectivity index (χ1n) is 9.12. The number of hydrogen-bond acceptors (Lipinski definition) is 5. The van der Waals surface area contributed by atoms with Gasteiger partial charge in [-0.25, -0.2) is 9.97 Å². The van der Waals surface area contributed by atoms with Crippen molar-refractivity contribution in [1.29, 1.82) is 0 Å². The molecular formula is C21H20BrN5O. The van der Waals surface area contributed by atoms with Crippen molar-refractivity contribution >= 4 is 33.2 Å². The van der Waals surface area contributed by atoms with Crippen molar-refractivity contribution in [2.75, 3.05) is 10.6 Å². The van der Waals surface area contributed by atoms with Gasteiger partial charge < -0.3 is 10.6 Å². The number of amides is 1. The van der Waals surface area contributed by atoms with Crippen LogP contribution in [0.4, 0.5) is 11.4 Å². The van der Waals surface area contributed by atoms with Gasteiger partial charge >= 0.3 is 0 Å². The van der Waals surface area contributed by atoms with Gasteiger partial charge in [0, 0.05) is 34.7 Å². The number of hydrogen-bond donors (Lipinski definition) is 1. The van der Waals surface area contributed by atoms with E-state index in [2.05, 4.69) is 30.9 Å². The number of carbonyl (C=O) groups excluding carboxylic acids is 1. The molecular weight excluding hydrogens is 418 g/mol. The van der Waals surface area contributed by atoms with Gasteiger partial charge in [0.15, 0.2) is 0 Å². The van der Waals surface area contributed by atoms with E-state index in [1.165, 1.54) is 0 Å². The van der Waals surface area contributed by atoms with Gasteiger partial charge in [-0.3, -0.25) is 9.78 Å².